The molecule has 1 heterocycles. The summed E-state index contributed by atoms with van der Waals surface area (Å²) in [6.45, 7) is 3.40. The molecule has 1 aliphatic rings. The second kappa shape index (κ2) is 9.87. The summed E-state index contributed by atoms with van der Waals surface area (Å²) < 4.78 is 31.9. The molecule has 7 heteroatoms. The van der Waals surface area contributed by atoms with Crippen molar-refractivity contribution in [2.24, 2.45) is 0 Å². The highest BCUT2D eigenvalue weighted by Gasteiger charge is 2.37. The number of hydrogen-bond donors (Lipinski definition) is 0. The van der Waals surface area contributed by atoms with E-state index in [4.69, 9.17) is 14.0 Å². The third-order valence-corrected chi connectivity index (χ3v) is 7.05. The summed E-state index contributed by atoms with van der Waals surface area (Å²) in [4.78, 5) is 12.0. The van der Waals surface area contributed by atoms with Gasteiger partial charge in [0, 0.05) is 6.54 Å². The van der Waals surface area contributed by atoms with Crippen LogP contribution in [0.2, 0.25) is 0 Å². The SMILES string of the molecule is CCOC(=O)CN1CCCCOP1(=O)c1ccc(OCc2ccccc2)cc1. The van der Waals surface area contributed by atoms with E-state index >= 15 is 0 Å². The Morgan fingerprint density at radius 2 is 1.86 bits per heavy atom. The summed E-state index contributed by atoms with van der Waals surface area (Å²) in [6, 6.07) is 17.0. The van der Waals surface area contributed by atoms with Crippen molar-refractivity contribution in [1.82, 2.24) is 4.67 Å². The first-order valence-electron chi connectivity index (χ1n) is 9.55. The summed E-state index contributed by atoms with van der Waals surface area (Å²) in [5.41, 5.74) is 1.08. The average molecular weight is 403 g/mol. The number of rotatable bonds is 7. The molecule has 0 aliphatic carbocycles. The van der Waals surface area contributed by atoms with Crippen LogP contribution >= 0.6 is 7.52 Å². The smallest absolute Gasteiger partial charge is 0.320 e. The number of carbonyl (C=O) groups excluding carboxylic acids is 1. The van der Waals surface area contributed by atoms with Crippen LogP contribution in [0.25, 0.3) is 0 Å². The van der Waals surface area contributed by atoms with Gasteiger partial charge in [0.25, 0.3) is 0 Å². The van der Waals surface area contributed by atoms with Gasteiger partial charge in [0.05, 0.1) is 18.5 Å². The predicted octanol–water partition coefficient (Wildman–Crippen LogP) is 3.76. The van der Waals surface area contributed by atoms with E-state index in [1.165, 1.54) is 0 Å². The maximum Gasteiger partial charge on any atom is 0.320 e. The molecule has 3 rings (SSSR count). The highest BCUT2D eigenvalue weighted by atomic mass is 31.2. The Kier molecular flexibility index (Phi) is 7.26. The van der Waals surface area contributed by atoms with Gasteiger partial charge in [0.15, 0.2) is 0 Å². The normalized spacial score (nSPS) is 20.3. The molecule has 2 aromatic rings. The first kappa shape index (κ1) is 20.6. The second-order valence-corrected chi connectivity index (χ2v) is 8.90. The molecule has 1 saturated heterocycles. The van der Waals surface area contributed by atoms with Gasteiger partial charge < -0.3 is 14.0 Å². The lowest BCUT2D eigenvalue weighted by atomic mass is 10.2. The van der Waals surface area contributed by atoms with Gasteiger partial charge in [-0.3, -0.25) is 9.36 Å². The van der Waals surface area contributed by atoms with E-state index in [-0.39, 0.29) is 6.54 Å². The van der Waals surface area contributed by atoms with Gasteiger partial charge in [-0.25, -0.2) is 4.67 Å². The number of nitrogens with zero attached hydrogens (tertiary/aromatic N) is 1. The molecule has 0 bridgehead atoms. The standard InChI is InChI=1S/C21H26NO5P/c1-2-25-21(23)16-22-14-6-7-15-27-28(22,24)20-12-10-19(11-13-20)26-17-18-8-4-3-5-9-18/h3-5,8-13H,2,6-7,14-17H2,1H3. The Bertz CT molecular complexity index is 809. The van der Waals surface area contributed by atoms with Gasteiger partial charge in [-0.05, 0) is 49.6 Å². The summed E-state index contributed by atoms with van der Waals surface area (Å²) in [5.74, 6) is 0.294. The molecule has 6 nitrogen and oxygen atoms in total. The van der Waals surface area contributed by atoms with Crippen LogP contribution in [0.15, 0.2) is 54.6 Å². The van der Waals surface area contributed by atoms with Gasteiger partial charge in [0.1, 0.15) is 18.9 Å². The molecule has 0 spiro atoms. The quantitative estimate of drug-likeness (QED) is 0.518. The van der Waals surface area contributed by atoms with E-state index in [0.717, 1.165) is 18.4 Å². The van der Waals surface area contributed by atoms with Crippen LogP contribution in [0.3, 0.4) is 0 Å². The third-order valence-electron chi connectivity index (χ3n) is 4.48. The van der Waals surface area contributed by atoms with E-state index in [2.05, 4.69) is 0 Å². The minimum atomic E-state index is -3.32. The molecule has 1 fully saturated rings. The lowest BCUT2D eigenvalue weighted by Crippen LogP contribution is -2.32. The van der Waals surface area contributed by atoms with Crippen LogP contribution in [-0.2, 0) is 25.2 Å². The molecular formula is C21H26NO5P. The topological polar surface area (TPSA) is 65.1 Å². The second-order valence-electron chi connectivity index (χ2n) is 6.52. The molecule has 150 valence electrons. The van der Waals surface area contributed by atoms with Crippen LogP contribution in [0.4, 0.5) is 0 Å². The number of esters is 1. The minimum absolute atomic E-state index is 0.0443. The van der Waals surface area contributed by atoms with Crippen molar-refractivity contribution in [3.8, 4) is 5.75 Å². The Morgan fingerprint density at radius 3 is 2.57 bits per heavy atom. The summed E-state index contributed by atoms with van der Waals surface area (Å²) in [5, 5.41) is 0.561. The minimum Gasteiger partial charge on any atom is -0.489 e. The first-order valence-corrected chi connectivity index (χ1v) is 11.1. The monoisotopic (exact) mass is 403 g/mol. The van der Waals surface area contributed by atoms with Crippen molar-refractivity contribution < 1.29 is 23.4 Å². The molecule has 28 heavy (non-hydrogen) atoms. The number of ether oxygens (including phenoxy) is 2. The average Bonchev–Trinajstić information content (AvgIpc) is 2.90. The van der Waals surface area contributed by atoms with Crippen LogP contribution in [0.1, 0.15) is 25.3 Å². The van der Waals surface area contributed by atoms with Crippen molar-refractivity contribution in [1.29, 1.82) is 0 Å². The molecule has 1 aliphatic heterocycles. The van der Waals surface area contributed by atoms with E-state index in [0.29, 0.717) is 37.4 Å². The number of carbonyl (C=O) groups is 1. The van der Waals surface area contributed by atoms with E-state index in [9.17, 15) is 9.36 Å². The maximum absolute atomic E-state index is 13.7. The van der Waals surface area contributed by atoms with Crippen molar-refractivity contribution in [3.05, 3.63) is 60.2 Å². The van der Waals surface area contributed by atoms with Crippen LogP contribution < -0.4 is 10.0 Å². The summed E-state index contributed by atoms with van der Waals surface area (Å²) in [6.07, 6.45) is 1.63. The molecule has 1 unspecified atom stereocenters. The summed E-state index contributed by atoms with van der Waals surface area (Å²) >= 11 is 0. The Morgan fingerprint density at radius 1 is 1.11 bits per heavy atom. The summed E-state index contributed by atoms with van der Waals surface area (Å²) in [7, 11) is -3.32. The van der Waals surface area contributed by atoms with E-state index in [1.807, 2.05) is 30.3 Å². The Balaban J connectivity index is 1.73. The largest absolute Gasteiger partial charge is 0.489 e. The fourth-order valence-corrected chi connectivity index (χ4v) is 5.28. The zero-order chi connectivity index (χ0) is 19.8. The Labute approximate surface area is 165 Å². The van der Waals surface area contributed by atoms with Crippen molar-refractivity contribution in [2.45, 2.75) is 26.4 Å². The lowest BCUT2D eigenvalue weighted by molar-refractivity contribution is -0.143. The van der Waals surface area contributed by atoms with Gasteiger partial charge in [-0.2, -0.15) is 0 Å². The van der Waals surface area contributed by atoms with Gasteiger partial charge in [0.2, 0.25) is 0 Å². The molecule has 0 N–H and O–H groups in total. The van der Waals surface area contributed by atoms with Gasteiger partial charge >= 0.3 is 13.5 Å². The first-order chi connectivity index (χ1) is 13.6. The zero-order valence-electron chi connectivity index (χ0n) is 16.1. The molecular weight excluding hydrogens is 377 g/mol. The van der Waals surface area contributed by atoms with Gasteiger partial charge in [-0.1, -0.05) is 30.3 Å². The number of hydrogen-bond acceptors (Lipinski definition) is 5. The third kappa shape index (κ3) is 5.22. The number of benzene rings is 2. The van der Waals surface area contributed by atoms with E-state index < -0.39 is 13.5 Å². The highest BCUT2D eigenvalue weighted by Crippen LogP contribution is 2.51. The van der Waals surface area contributed by atoms with Crippen LogP contribution in [-0.4, -0.2) is 36.9 Å². The molecule has 0 aromatic heterocycles. The molecule has 0 radical (unpaired) electrons. The maximum atomic E-state index is 13.7. The van der Waals surface area contributed by atoms with Crippen molar-refractivity contribution >= 4 is 18.8 Å². The molecule has 0 amide bonds. The van der Waals surface area contributed by atoms with Crippen molar-refractivity contribution in [3.63, 3.8) is 0 Å². The van der Waals surface area contributed by atoms with Crippen LogP contribution in [0.5, 0.6) is 5.75 Å². The molecule has 0 saturated carbocycles. The predicted molar refractivity (Wildman–Crippen MR) is 108 cm³/mol. The zero-order valence-corrected chi connectivity index (χ0v) is 17.0. The Hall–Kier alpha value is -2.14. The highest BCUT2D eigenvalue weighted by molar-refractivity contribution is 7.64. The van der Waals surface area contributed by atoms with E-state index in [1.54, 1.807) is 35.9 Å². The van der Waals surface area contributed by atoms with Crippen LogP contribution in [0, 0.1) is 0 Å². The fourth-order valence-electron chi connectivity index (χ4n) is 3.04. The van der Waals surface area contributed by atoms with Crippen molar-refractivity contribution in [2.75, 3.05) is 26.3 Å². The lowest BCUT2D eigenvalue weighted by Gasteiger charge is -2.28. The molecule has 1 atom stereocenters. The van der Waals surface area contributed by atoms with Gasteiger partial charge in [-0.15, -0.1) is 0 Å². The molecule has 2 aromatic carbocycles. The fraction of sp³-hybridized carbons (Fsp3) is 0.381.